The van der Waals surface area contributed by atoms with E-state index in [0.29, 0.717) is 5.82 Å². The van der Waals surface area contributed by atoms with Crippen LogP contribution in [0.25, 0.3) is 72.7 Å². The van der Waals surface area contributed by atoms with Crippen molar-refractivity contribution in [1.82, 2.24) is 14.5 Å². The van der Waals surface area contributed by atoms with E-state index < -0.39 is 0 Å². The van der Waals surface area contributed by atoms with E-state index in [4.69, 9.17) is 9.97 Å². The summed E-state index contributed by atoms with van der Waals surface area (Å²) >= 11 is 0. The standard InChI is InChI=1S/C58H61N3O/c1-12-17-38-22-27-51(48(31-38)40-18-14-13-15-19-40)61-52-21-16-20-47(53(52)60-55(61)49-36-45(57(6,7)8)30-37(2)54(49)62)42-32-43(34-46(33-42)58(9,10)11)50-35-41(28-29-59-50)39-23-25-44(26-24-39)56(3,4)5/h13-16,18-36,62H,12,17H2,1-11H3. The Morgan fingerprint density at radius 1 is 0.532 bits per heavy atom. The molecule has 2 aromatic heterocycles. The van der Waals surface area contributed by atoms with Crippen LogP contribution < -0.4 is 0 Å². The molecule has 6 aromatic carbocycles. The third-order valence-electron chi connectivity index (χ3n) is 12.3. The van der Waals surface area contributed by atoms with Crippen molar-refractivity contribution in [2.24, 2.45) is 0 Å². The Morgan fingerprint density at radius 3 is 1.89 bits per heavy atom. The molecular weight excluding hydrogens is 755 g/mol. The van der Waals surface area contributed by atoms with Gasteiger partial charge in [0.15, 0.2) is 0 Å². The lowest BCUT2D eigenvalue weighted by atomic mass is 9.83. The average Bonchev–Trinajstić information content (AvgIpc) is 3.63. The van der Waals surface area contributed by atoms with Crippen LogP contribution in [0, 0.1) is 6.92 Å². The van der Waals surface area contributed by atoms with Crippen molar-refractivity contribution in [2.45, 2.75) is 105 Å². The van der Waals surface area contributed by atoms with Crippen LogP contribution in [0.1, 0.15) is 103 Å². The van der Waals surface area contributed by atoms with Gasteiger partial charge in [-0.05, 0) is 128 Å². The highest BCUT2D eigenvalue weighted by Gasteiger charge is 2.26. The van der Waals surface area contributed by atoms with Crippen molar-refractivity contribution >= 4 is 11.0 Å². The van der Waals surface area contributed by atoms with Crippen LogP contribution in [0.4, 0.5) is 0 Å². The van der Waals surface area contributed by atoms with Gasteiger partial charge in [-0.2, -0.15) is 0 Å². The van der Waals surface area contributed by atoms with Crippen LogP contribution in [0.5, 0.6) is 5.75 Å². The maximum atomic E-state index is 12.0. The third kappa shape index (κ3) is 8.36. The number of aryl methyl sites for hydroxylation is 2. The number of hydrogen-bond acceptors (Lipinski definition) is 3. The van der Waals surface area contributed by atoms with Gasteiger partial charge in [-0.3, -0.25) is 9.55 Å². The number of nitrogens with zero attached hydrogens (tertiary/aromatic N) is 3. The smallest absolute Gasteiger partial charge is 0.149 e. The zero-order chi connectivity index (χ0) is 44.1. The van der Waals surface area contributed by atoms with Crippen molar-refractivity contribution in [3.63, 3.8) is 0 Å². The van der Waals surface area contributed by atoms with Gasteiger partial charge in [0.1, 0.15) is 11.6 Å². The molecule has 8 rings (SSSR count). The Kier molecular flexibility index (Phi) is 11.1. The summed E-state index contributed by atoms with van der Waals surface area (Å²) in [6, 6.07) is 48.4. The van der Waals surface area contributed by atoms with E-state index in [9.17, 15) is 5.11 Å². The molecule has 62 heavy (non-hydrogen) atoms. The highest BCUT2D eigenvalue weighted by atomic mass is 16.3. The van der Waals surface area contributed by atoms with Gasteiger partial charge in [0.2, 0.25) is 0 Å². The summed E-state index contributed by atoms with van der Waals surface area (Å²) < 4.78 is 2.28. The van der Waals surface area contributed by atoms with Crippen molar-refractivity contribution in [3.05, 3.63) is 167 Å². The van der Waals surface area contributed by atoms with Gasteiger partial charge in [-0.15, -0.1) is 0 Å². The van der Waals surface area contributed by atoms with Gasteiger partial charge in [0, 0.05) is 22.9 Å². The lowest BCUT2D eigenvalue weighted by Crippen LogP contribution is -2.12. The minimum atomic E-state index is -0.142. The van der Waals surface area contributed by atoms with E-state index in [-0.39, 0.29) is 22.0 Å². The molecule has 1 N–H and O–H groups in total. The molecule has 0 aliphatic carbocycles. The van der Waals surface area contributed by atoms with Gasteiger partial charge in [-0.1, -0.05) is 161 Å². The molecule has 0 saturated carbocycles. The molecule has 0 amide bonds. The number of benzene rings is 6. The van der Waals surface area contributed by atoms with Crippen LogP contribution >= 0.6 is 0 Å². The first kappa shape index (κ1) is 42.4. The number of imidazole rings is 1. The normalized spacial score (nSPS) is 12.3. The summed E-state index contributed by atoms with van der Waals surface area (Å²) in [5.41, 5.74) is 17.8. The Labute approximate surface area is 369 Å². The summed E-state index contributed by atoms with van der Waals surface area (Å²) in [6.45, 7) is 24.4. The second-order valence-electron chi connectivity index (χ2n) is 20.2. The molecular formula is C58H61N3O. The van der Waals surface area contributed by atoms with Crippen LogP contribution in [0.2, 0.25) is 0 Å². The molecule has 2 heterocycles. The minimum absolute atomic E-state index is 0.0877. The predicted octanol–water partition coefficient (Wildman–Crippen LogP) is 15.6. The van der Waals surface area contributed by atoms with Crippen LogP contribution in [-0.2, 0) is 22.7 Å². The molecule has 4 heteroatoms. The van der Waals surface area contributed by atoms with E-state index >= 15 is 0 Å². The van der Waals surface area contributed by atoms with E-state index in [0.717, 1.165) is 85.3 Å². The number of fused-ring (bicyclic) bond motifs is 1. The molecule has 0 bridgehead atoms. The lowest BCUT2D eigenvalue weighted by Gasteiger charge is -2.22. The maximum absolute atomic E-state index is 12.0. The highest BCUT2D eigenvalue weighted by molar-refractivity contribution is 5.98. The van der Waals surface area contributed by atoms with Crippen molar-refractivity contribution < 1.29 is 5.11 Å². The lowest BCUT2D eigenvalue weighted by molar-refractivity contribution is 0.471. The molecule has 0 fully saturated rings. The number of pyridine rings is 1. The summed E-state index contributed by atoms with van der Waals surface area (Å²) in [6.07, 6.45) is 3.97. The summed E-state index contributed by atoms with van der Waals surface area (Å²) in [5.74, 6) is 0.953. The van der Waals surface area contributed by atoms with Crippen molar-refractivity contribution in [1.29, 1.82) is 0 Å². The number of phenols is 1. The zero-order valence-corrected chi connectivity index (χ0v) is 38.5. The quantitative estimate of drug-likeness (QED) is 0.166. The molecule has 4 nitrogen and oxygen atoms in total. The summed E-state index contributed by atoms with van der Waals surface area (Å²) in [4.78, 5) is 10.6. The molecule has 0 saturated heterocycles. The molecule has 0 aliphatic rings. The molecule has 0 unspecified atom stereocenters. The number of hydrogen-bond donors (Lipinski definition) is 1. The van der Waals surface area contributed by atoms with E-state index in [2.05, 4.69) is 207 Å². The molecule has 8 aromatic rings. The molecule has 0 atom stereocenters. The second kappa shape index (κ2) is 16.2. The van der Waals surface area contributed by atoms with Crippen LogP contribution in [-0.4, -0.2) is 19.6 Å². The fraction of sp³-hybridized carbons (Fsp3) is 0.276. The average molecular weight is 816 g/mol. The zero-order valence-electron chi connectivity index (χ0n) is 38.5. The van der Waals surface area contributed by atoms with Gasteiger partial charge < -0.3 is 5.11 Å². The Bertz CT molecular complexity index is 2910. The monoisotopic (exact) mass is 815 g/mol. The van der Waals surface area contributed by atoms with Gasteiger partial charge in [0.25, 0.3) is 0 Å². The number of phenolic OH excluding ortho intramolecular Hbond substituents is 1. The Hall–Kier alpha value is -6.26. The molecule has 0 radical (unpaired) electrons. The van der Waals surface area contributed by atoms with E-state index in [1.807, 2.05) is 13.1 Å². The molecule has 0 aliphatic heterocycles. The number of aromatic hydroxyl groups is 1. The highest BCUT2D eigenvalue weighted by Crippen LogP contribution is 2.44. The van der Waals surface area contributed by atoms with Crippen LogP contribution in [0.3, 0.4) is 0 Å². The van der Waals surface area contributed by atoms with Gasteiger partial charge in [-0.25, -0.2) is 4.98 Å². The third-order valence-corrected chi connectivity index (χ3v) is 12.3. The number of aromatic nitrogens is 3. The fourth-order valence-electron chi connectivity index (χ4n) is 8.51. The SMILES string of the molecule is CCCc1ccc(-n2c(-c3cc(C(C)(C)C)cc(C)c3O)nc3c(-c4cc(-c5cc(-c6ccc(C(C)(C)C)cc6)ccn5)cc(C(C)(C)C)c4)cccc32)c(-c2ccccc2)c1. The van der Waals surface area contributed by atoms with Crippen LogP contribution in [0.15, 0.2) is 140 Å². The topological polar surface area (TPSA) is 50.9 Å². The van der Waals surface area contributed by atoms with Gasteiger partial charge in [0.05, 0.1) is 28.0 Å². The minimum Gasteiger partial charge on any atom is -0.507 e. The first-order valence-electron chi connectivity index (χ1n) is 22.2. The first-order chi connectivity index (χ1) is 29.4. The number of rotatable bonds is 8. The Morgan fingerprint density at radius 2 is 1.21 bits per heavy atom. The van der Waals surface area contributed by atoms with E-state index in [1.54, 1.807) is 0 Å². The Balaban J connectivity index is 1.39. The van der Waals surface area contributed by atoms with E-state index in [1.165, 1.54) is 22.3 Å². The molecule has 0 spiro atoms. The number of para-hydroxylation sites is 1. The molecule has 314 valence electrons. The second-order valence-corrected chi connectivity index (χ2v) is 20.2. The predicted molar refractivity (Wildman–Crippen MR) is 263 cm³/mol. The fourth-order valence-corrected chi connectivity index (χ4v) is 8.51. The summed E-state index contributed by atoms with van der Waals surface area (Å²) in [5, 5.41) is 12.0. The summed E-state index contributed by atoms with van der Waals surface area (Å²) in [7, 11) is 0. The maximum Gasteiger partial charge on any atom is 0.149 e. The van der Waals surface area contributed by atoms with Gasteiger partial charge >= 0.3 is 0 Å². The van der Waals surface area contributed by atoms with Crippen molar-refractivity contribution in [3.8, 4) is 67.5 Å². The largest absolute Gasteiger partial charge is 0.507 e. The van der Waals surface area contributed by atoms with Crippen molar-refractivity contribution in [2.75, 3.05) is 0 Å². The first-order valence-corrected chi connectivity index (χ1v) is 22.2.